The molecule has 44 heavy (non-hydrogen) atoms. The molecule has 7 heterocycles. The number of nitrogens with two attached hydrogens (primary N) is 2. The van der Waals surface area contributed by atoms with Gasteiger partial charge in [0.2, 0.25) is 5.95 Å². The summed E-state index contributed by atoms with van der Waals surface area (Å²) in [5, 5.41) is 21.1. The fourth-order valence-corrected chi connectivity index (χ4v) is 9.32. The van der Waals surface area contributed by atoms with Gasteiger partial charge in [-0.25, -0.2) is 28.3 Å². The highest BCUT2D eigenvalue weighted by Gasteiger charge is 2.52. The van der Waals surface area contributed by atoms with Crippen molar-refractivity contribution < 1.29 is 42.0 Å². The zero-order chi connectivity index (χ0) is 31.0. The summed E-state index contributed by atoms with van der Waals surface area (Å²) in [7, 11) is -4.84. The molecule has 25 heteroatoms. The van der Waals surface area contributed by atoms with Crippen molar-refractivity contribution in [2.75, 3.05) is 31.3 Å². The lowest BCUT2D eigenvalue weighted by Crippen LogP contribution is -2.35. The van der Waals surface area contributed by atoms with Crippen LogP contribution in [-0.4, -0.2) is 104 Å². The van der Waals surface area contributed by atoms with Crippen LogP contribution in [0.4, 0.5) is 11.8 Å². The summed E-state index contributed by atoms with van der Waals surface area (Å²) in [6.45, 7) is -5.32. The Labute approximate surface area is 254 Å². The number of phosphoric acid groups is 1. The van der Waals surface area contributed by atoms with E-state index in [-0.39, 0.29) is 35.2 Å². The molecule has 9 atom stereocenters. The molecule has 2 bridgehead atoms. The number of aromatic amines is 1. The Morgan fingerprint density at radius 2 is 1.93 bits per heavy atom. The molecule has 0 amide bonds. The van der Waals surface area contributed by atoms with E-state index in [1.807, 2.05) is 0 Å². The highest BCUT2D eigenvalue weighted by atomic mass is 32.7. The van der Waals surface area contributed by atoms with Crippen LogP contribution in [-0.2, 0) is 32.0 Å². The summed E-state index contributed by atoms with van der Waals surface area (Å²) in [5.74, 6) is -0.841. The van der Waals surface area contributed by atoms with E-state index in [1.165, 1.54) is 17.0 Å². The first kappa shape index (κ1) is 30.0. The van der Waals surface area contributed by atoms with Gasteiger partial charge in [-0.2, -0.15) is 10.1 Å². The molecule has 7 rings (SSSR count). The van der Waals surface area contributed by atoms with Gasteiger partial charge in [0.15, 0.2) is 22.6 Å². The van der Waals surface area contributed by atoms with Crippen LogP contribution in [0.1, 0.15) is 17.0 Å². The predicted molar refractivity (Wildman–Crippen MR) is 153 cm³/mol. The van der Waals surface area contributed by atoms with E-state index in [1.54, 1.807) is 0 Å². The lowest BCUT2D eigenvalue weighted by Gasteiger charge is -2.27. The average molecular weight is 692 g/mol. The first-order valence-electron chi connectivity index (χ1n) is 12.7. The van der Waals surface area contributed by atoms with E-state index >= 15 is 0 Å². The minimum absolute atomic E-state index is 0.0371. The van der Waals surface area contributed by atoms with Crippen LogP contribution in [0.25, 0.3) is 16.8 Å². The SMILES string of the molecule is Nc1nc2c(nnn2[C@@H]2SC3COP(=O)(O)O[C@H]4C(c5cnc6c(N)ncnn56)CO[C@@H]4COP(=O)(S)O[C@@H]2[C@@H]3O)c(=O)[nH]1. The zero-order valence-corrected chi connectivity index (χ0v) is 25.5. The maximum absolute atomic E-state index is 13.5. The Morgan fingerprint density at radius 3 is 2.75 bits per heavy atom. The van der Waals surface area contributed by atoms with Gasteiger partial charge in [-0.1, -0.05) is 17.5 Å². The number of aromatic nitrogens is 9. The van der Waals surface area contributed by atoms with Gasteiger partial charge >= 0.3 is 14.6 Å². The minimum Gasteiger partial charge on any atom is -0.389 e. The molecule has 4 unspecified atom stereocenters. The minimum atomic E-state index is -4.84. The van der Waals surface area contributed by atoms with E-state index in [2.05, 4.69) is 47.6 Å². The molecule has 3 aliphatic rings. The summed E-state index contributed by atoms with van der Waals surface area (Å²) in [4.78, 5) is 37.6. The van der Waals surface area contributed by atoms with E-state index < -0.39 is 74.4 Å². The summed E-state index contributed by atoms with van der Waals surface area (Å²) >= 11 is 5.07. The topological polar surface area (TPSA) is 292 Å². The molecular weight excluding hydrogens is 668 g/mol. The molecule has 3 aliphatic heterocycles. The highest BCUT2D eigenvalue weighted by molar-refractivity contribution is 8.44. The second kappa shape index (κ2) is 11.0. The fourth-order valence-electron chi connectivity index (χ4n) is 5.22. The van der Waals surface area contributed by atoms with Crippen molar-refractivity contribution in [1.29, 1.82) is 0 Å². The molecule has 3 saturated heterocycles. The van der Waals surface area contributed by atoms with Gasteiger partial charge < -0.3 is 26.2 Å². The van der Waals surface area contributed by atoms with Crippen molar-refractivity contribution in [3.05, 3.63) is 28.6 Å². The fraction of sp³-hybridized carbons (Fsp3) is 0.526. The number of H-pyrrole nitrogens is 1. The molecule has 3 fully saturated rings. The average Bonchev–Trinajstić information content (AvgIpc) is 3.72. The second-order valence-corrected chi connectivity index (χ2v) is 15.6. The molecule has 4 aromatic rings. The zero-order valence-electron chi connectivity index (χ0n) is 22.0. The normalized spacial score (nSPS) is 36.6. The van der Waals surface area contributed by atoms with Crippen LogP contribution in [0.5, 0.6) is 0 Å². The van der Waals surface area contributed by atoms with Crippen molar-refractivity contribution >= 4 is 67.2 Å². The van der Waals surface area contributed by atoms with Gasteiger partial charge in [0.05, 0.1) is 49.0 Å². The molecule has 0 radical (unpaired) electrons. The molecule has 4 aromatic heterocycles. The third-order valence-corrected chi connectivity index (χ3v) is 11.3. The molecule has 21 nitrogen and oxygen atoms in total. The number of hydrogen-bond donors (Lipinski definition) is 6. The van der Waals surface area contributed by atoms with Crippen LogP contribution < -0.4 is 17.0 Å². The van der Waals surface area contributed by atoms with Gasteiger partial charge in [0, 0.05) is 0 Å². The molecule has 0 aliphatic carbocycles. The van der Waals surface area contributed by atoms with Crippen LogP contribution in [0.3, 0.4) is 0 Å². The Morgan fingerprint density at radius 1 is 1.11 bits per heavy atom. The van der Waals surface area contributed by atoms with Crippen molar-refractivity contribution in [2.24, 2.45) is 0 Å². The quantitative estimate of drug-likeness (QED) is 0.111. The molecule has 7 N–H and O–H groups in total. The number of fused-ring (bicyclic) bond motifs is 5. The van der Waals surface area contributed by atoms with Crippen LogP contribution in [0.15, 0.2) is 17.3 Å². The first-order valence-corrected chi connectivity index (χ1v) is 17.9. The standard InChI is InChI=1S/C19H23N11O10P2S2/c20-14-16-22-1-7(29(16)24-5-23-14)6-2-36-8-3-38-42(35,43)40-13-11(31)9(4-37-41(33,34)39-12(6)8)44-18(13)30-15-10(27-28-30)17(32)26-19(21)25-15/h1,5-6,8-9,11-13,18,31H,2-4H2,(H,33,34)(H,35,43)(H2,20,23,24)(H3,21,25,26,32)/t6?,8-,9?,11-,12+,13-,18-,42?/m1/s1. The highest BCUT2D eigenvalue weighted by Crippen LogP contribution is 2.60. The molecular formula is C19H23N11O10P2S2. The largest absolute Gasteiger partial charge is 0.472 e. The lowest BCUT2D eigenvalue weighted by molar-refractivity contribution is -0.000834. The van der Waals surface area contributed by atoms with Gasteiger partial charge in [-0.15, -0.1) is 16.9 Å². The summed E-state index contributed by atoms with van der Waals surface area (Å²) in [6, 6.07) is 0. The monoisotopic (exact) mass is 691 g/mol. The van der Waals surface area contributed by atoms with E-state index in [4.69, 9.17) is 34.3 Å². The molecule has 236 valence electrons. The summed E-state index contributed by atoms with van der Waals surface area (Å²) in [5.41, 5.74) is 11.4. The van der Waals surface area contributed by atoms with Crippen molar-refractivity contribution in [1.82, 2.24) is 44.5 Å². The van der Waals surface area contributed by atoms with Gasteiger partial charge in [-0.3, -0.25) is 27.9 Å². The van der Waals surface area contributed by atoms with E-state index in [9.17, 15) is 23.9 Å². The predicted octanol–water partition coefficient (Wildman–Crippen LogP) is -0.770. The number of anilines is 2. The number of rotatable bonds is 2. The van der Waals surface area contributed by atoms with Crippen LogP contribution in [0, 0.1) is 0 Å². The van der Waals surface area contributed by atoms with Crippen LogP contribution >= 0.6 is 38.6 Å². The van der Waals surface area contributed by atoms with Crippen molar-refractivity contribution in [3.8, 4) is 0 Å². The third kappa shape index (κ3) is 5.30. The number of nitrogen functional groups attached to an aromatic ring is 2. The Bertz CT molecular complexity index is 1910. The summed E-state index contributed by atoms with van der Waals surface area (Å²) in [6.07, 6.45) is -2.41. The maximum Gasteiger partial charge on any atom is 0.472 e. The third-order valence-electron chi connectivity index (χ3n) is 7.21. The van der Waals surface area contributed by atoms with Crippen molar-refractivity contribution in [3.63, 3.8) is 0 Å². The molecule has 0 saturated carbocycles. The number of phosphoric ester groups is 1. The number of ether oxygens (including phenoxy) is 1. The van der Waals surface area contributed by atoms with E-state index in [0.717, 1.165) is 16.4 Å². The molecule has 0 aromatic carbocycles. The smallest absolute Gasteiger partial charge is 0.389 e. The van der Waals surface area contributed by atoms with Gasteiger partial charge in [0.25, 0.3) is 5.56 Å². The molecule has 0 spiro atoms. The number of thioether (sulfide) groups is 1. The van der Waals surface area contributed by atoms with Gasteiger partial charge in [-0.05, 0) is 0 Å². The number of aliphatic hydroxyl groups excluding tert-OH is 1. The Hall–Kier alpha value is -2.69. The number of hydrogen-bond acceptors (Lipinski definition) is 18. The Kier molecular flexibility index (Phi) is 7.49. The maximum atomic E-state index is 13.5. The number of aliphatic hydroxyl groups is 1. The second-order valence-electron chi connectivity index (χ2n) is 9.92. The van der Waals surface area contributed by atoms with Gasteiger partial charge in [0.1, 0.15) is 30.0 Å². The van der Waals surface area contributed by atoms with Crippen LogP contribution in [0.2, 0.25) is 0 Å². The number of thiol groups is 1. The number of nitrogens with one attached hydrogen (secondary N) is 1. The van der Waals surface area contributed by atoms with E-state index in [0.29, 0.717) is 5.69 Å². The first-order chi connectivity index (χ1) is 20.9. The Balaban J connectivity index is 1.21. The number of imidazole rings is 1. The van der Waals surface area contributed by atoms with Crippen molar-refractivity contribution in [2.45, 2.75) is 41.0 Å². The number of nitrogens with zero attached hydrogens (tertiary/aromatic N) is 8. The lowest BCUT2D eigenvalue weighted by atomic mass is 9.99. The summed E-state index contributed by atoms with van der Waals surface area (Å²) < 4.78 is 57.4.